The van der Waals surface area contributed by atoms with Gasteiger partial charge in [0.1, 0.15) is 0 Å². The van der Waals surface area contributed by atoms with E-state index in [0.717, 1.165) is 10.9 Å². The van der Waals surface area contributed by atoms with Crippen LogP contribution in [0.2, 0.25) is 4.47 Å². The molecular weight excluding hydrogens is 200 g/mol. The molecule has 2 nitrogen and oxygen atoms in total. The van der Waals surface area contributed by atoms with Gasteiger partial charge in [-0.25, -0.2) is 0 Å². The molecular formula is C6H9ClN2S2. The van der Waals surface area contributed by atoms with E-state index in [2.05, 4.69) is 16.3 Å². The maximum atomic E-state index is 5.60. The number of hydrogen-bond acceptors (Lipinski definition) is 4. The maximum absolute atomic E-state index is 5.60. The third-order valence-electron chi connectivity index (χ3n) is 1.11. The number of nitrogens with zero attached hydrogens (tertiary/aromatic N) is 2. The van der Waals surface area contributed by atoms with Crippen molar-refractivity contribution < 1.29 is 0 Å². The fraction of sp³-hybridized carbons (Fsp3) is 0.667. The van der Waals surface area contributed by atoms with Gasteiger partial charge in [0, 0.05) is 5.75 Å². The number of halogens is 1. The fourth-order valence-corrected chi connectivity index (χ4v) is 2.27. The van der Waals surface area contributed by atoms with E-state index in [4.69, 9.17) is 11.6 Å². The number of aromatic nitrogens is 2. The van der Waals surface area contributed by atoms with Crippen molar-refractivity contribution in [3.8, 4) is 0 Å². The van der Waals surface area contributed by atoms with Gasteiger partial charge in [0.05, 0.1) is 0 Å². The van der Waals surface area contributed by atoms with Gasteiger partial charge in [-0.2, -0.15) is 9.36 Å². The molecule has 1 rings (SSSR count). The molecule has 0 radical (unpaired) electrons. The molecule has 0 bridgehead atoms. The summed E-state index contributed by atoms with van der Waals surface area (Å²) >= 11 is 8.52. The lowest BCUT2D eigenvalue weighted by Crippen LogP contribution is -1.79. The van der Waals surface area contributed by atoms with E-state index in [1.54, 1.807) is 11.8 Å². The zero-order valence-electron chi connectivity index (χ0n) is 6.21. The van der Waals surface area contributed by atoms with Crippen LogP contribution in [0, 0.1) is 0 Å². The van der Waals surface area contributed by atoms with Gasteiger partial charge < -0.3 is 0 Å². The second-order valence-corrected chi connectivity index (χ2v) is 4.43. The molecule has 0 fully saturated rings. The largest absolute Gasteiger partial charge is 0.204 e. The molecule has 0 aromatic carbocycles. The Kier molecular flexibility index (Phi) is 4.18. The Hall–Kier alpha value is 0.200. The van der Waals surface area contributed by atoms with E-state index in [1.165, 1.54) is 24.4 Å². The molecule has 0 unspecified atom stereocenters. The number of unbranched alkanes of at least 4 members (excludes halogenated alkanes) is 1. The Bertz CT molecular complexity index is 214. The highest BCUT2D eigenvalue weighted by Gasteiger charge is 2.00. The monoisotopic (exact) mass is 208 g/mol. The first kappa shape index (κ1) is 9.29. The molecule has 11 heavy (non-hydrogen) atoms. The van der Waals surface area contributed by atoms with Gasteiger partial charge in [-0.05, 0) is 29.6 Å². The first-order valence-electron chi connectivity index (χ1n) is 3.45. The zero-order valence-corrected chi connectivity index (χ0v) is 8.60. The van der Waals surface area contributed by atoms with Gasteiger partial charge in [-0.15, -0.1) is 0 Å². The van der Waals surface area contributed by atoms with Gasteiger partial charge in [-0.1, -0.05) is 25.1 Å². The van der Waals surface area contributed by atoms with Gasteiger partial charge >= 0.3 is 0 Å². The van der Waals surface area contributed by atoms with Crippen LogP contribution in [0.3, 0.4) is 0 Å². The van der Waals surface area contributed by atoms with Crippen molar-refractivity contribution in [3.05, 3.63) is 4.47 Å². The van der Waals surface area contributed by atoms with Gasteiger partial charge in [-0.3, -0.25) is 0 Å². The zero-order chi connectivity index (χ0) is 8.10. The van der Waals surface area contributed by atoms with Crippen LogP contribution in [-0.2, 0) is 0 Å². The molecule has 0 spiro atoms. The quantitative estimate of drug-likeness (QED) is 0.562. The van der Waals surface area contributed by atoms with Gasteiger partial charge in [0.15, 0.2) is 0 Å². The summed E-state index contributed by atoms with van der Waals surface area (Å²) < 4.78 is 4.58. The summed E-state index contributed by atoms with van der Waals surface area (Å²) in [7, 11) is 0. The topological polar surface area (TPSA) is 25.8 Å². The molecule has 0 amide bonds. The molecule has 1 aromatic heterocycles. The Morgan fingerprint density at radius 2 is 2.45 bits per heavy atom. The molecule has 0 N–H and O–H groups in total. The molecule has 0 atom stereocenters. The summed E-state index contributed by atoms with van der Waals surface area (Å²) in [6, 6.07) is 0. The third kappa shape index (κ3) is 3.40. The summed E-state index contributed by atoms with van der Waals surface area (Å²) in [5, 5.41) is 0.813. The Labute approximate surface area is 79.5 Å². The van der Waals surface area contributed by atoms with E-state index in [-0.39, 0.29) is 0 Å². The highest BCUT2D eigenvalue weighted by molar-refractivity contribution is 7.99. The van der Waals surface area contributed by atoms with E-state index < -0.39 is 0 Å². The van der Waals surface area contributed by atoms with Crippen molar-refractivity contribution in [2.45, 2.75) is 24.9 Å². The first-order valence-corrected chi connectivity index (χ1v) is 5.58. The SMILES string of the molecule is CCCCSc1nsc(Cl)n1. The second-order valence-electron chi connectivity index (χ2n) is 2.03. The van der Waals surface area contributed by atoms with Crippen molar-refractivity contribution in [1.29, 1.82) is 0 Å². The number of thioether (sulfide) groups is 1. The predicted octanol–water partition coefficient (Wildman–Crippen LogP) is 3.08. The first-order chi connectivity index (χ1) is 5.33. The summed E-state index contributed by atoms with van der Waals surface area (Å²) in [6.07, 6.45) is 2.42. The van der Waals surface area contributed by atoms with Crippen LogP contribution in [0.5, 0.6) is 0 Å². The van der Waals surface area contributed by atoms with E-state index >= 15 is 0 Å². The molecule has 1 aromatic rings. The molecule has 1 heterocycles. The molecule has 0 saturated heterocycles. The normalized spacial score (nSPS) is 10.4. The van der Waals surface area contributed by atoms with Gasteiger partial charge in [0.2, 0.25) is 9.62 Å². The predicted molar refractivity (Wildman–Crippen MR) is 50.6 cm³/mol. The smallest absolute Gasteiger partial charge is 0.198 e. The molecule has 0 aliphatic carbocycles. The number of hydrogen-bond donors (Lipinski definition) is 0. The molecule has 5 heteroatoms. The summed E-state index contributed by atoms with van der Waals surface area (Å²) in [4.78, 5) is 4.02. The lowest BCUT2D eigenvalue weighted by Gasteiger charge is -1.91. The van der Waals surface area contributed by atoms with Crippen molar-refractivity contribution in [1.82, 2.24) is 9.36 Å². The Morgan fingerprint density at radius 3 is 3.00 bits per heavy atom. The van der Waals surface area contributed by atoms with Crippen LogP contribution < -0.4 is 0 Å². The van der Waals surface area contributed by atoms with Crippen molar-refractivity contribution >= 4 is 34.9 Å². The van der Waals surface area contributed by atoms with Gasteiger partial charge in [0.25, 0.3) is 0 Å². The summed E-state index contributed by atoms with van der Waals surface area (Å²) in [6.45, 7) is 2.17. The van der Waals surface area contributed by atoms with Crippen LogP contribution in [0.1, 0.15) is 19.8 Å². The standard InChI is InChI=1S/C6H9ClN2S2/c1-2-3-4-10-6-8-5(7)11-9-6/h2-4H2,1H3. The van der Waals surface area contributed by atoms with Crippen molar-refractivity contribution in [3.63, 3.8) is 0 Å². The van der Waals surface area contributed by atoms with Crippen molar-refractivity contribution in [2.24, 2.45) is 0 Å². The summed E-state index contributed by atoms with van der Waals surface area (Å²) in [5.41, 5.74) is 0. The molecule has 62 valence electrons. The Morgan fingerprint density at radius 1 is 1.64 bits per heavy atom. The van der Waals surface area contributed by atoms with Crippen LogP contribution in [0.15, 0.2) is 5.16 Å². The second kappa shape index (κ2) is 4.95. The van der Waals surface area contributed by atoms with Crippen LogP contribution >= 0.6 is 34.9 Å². The number of rotatable bonds is 4. The lowest BCUT2D eigenvalue weighted by molar-refractivity contribution is 0.893. The minimum atomic E-state index is 0.531. The highest BCUT2D eigenvalue weighted by Crippen LogP contribution is 2.20. The lowest BCUT2D eigenvalue weighted by atomic mass is 10.4. The van der Waals surface area contributed by atoms with E-state index in [9.17, 15) is 0 Å². The molecule has 0 saturated carbocycles. The van der Waals surface area contributed by atoms with Crippen LogP contribution in [-0.4, -0.2) is 15.1 Å². The average molecular weight is 209 g/mol. The van der Waals surface area contributed by atoms with Crippen LogP contribution in [0.25, 0.3) is 0 Å². The van der Waals surface area contributed by atoms with Crippen molar-refractivity contribution in [2.75, 3.05) is 5.75 Å². The van der Waals surface area contributed by atoms with E-state index in [1.807, 2.05) is 0 Å². The average Bonchev–Trinajstić information content (AvgIpc) is 2.37. The minimum Gasteiger partial charge on any atom is -0.198 e. The molecule has 0 aliphatic rings. The minimum absolute atomic E-state index is 0.531. The fourth-order valence-electron chi connectivity index (χ4n) is 0.559. The maximum Gasteiger partial charge on any atom is 0.204 e. The third-order valence-corrected chi connectivity index (χ3v) is 2.96. The molecule has 0 aliphatic heterocycles. The Balaban J connectivity index is 2.27. The van der Waals surface area contributed by atoms with E-state index in [0.29, 0.717) is 4.47 Å². The summed E-state index contributed by atoms with van der Waals surface area (Å²) in [5.74, 6) is 1.09. The van der Waals surface area contributed by atoms with Crippen LogP contribution in [0.4, 0.5) is 0 Å². The highest BCUT2D eigenvalue weighted by atomic mass is 35.5.